The van der Waals surface area contributed by atoms with Crippen LogP contribution in [-0.2, 0) is 11.2 Å². The number of phenolic OH excluding ortho intramolecular Hbond substituents is 1. The maximum Gasteiger partial charge on any atom is 0.343 e. The lowest BCUT2D eigenvalue weighted by atomic mass is 9.85. The summed E-state index contributed by atoms with van der Waals surface area (Å²) in [7, 11) is 5.01. The van der Waals surface area contributed by atoms with Crippen LogP contribution in [0.3, 0.4) is 0 Å². The molecule has 3 aliphatic rings. The average Bonchev–Trinajstić information content (AvgIpc) is 3.31. The summed E-state index contributed by atoms with van der Waals surface area (Å²) in [5.74, 6) is 1.28. The van der Waals surface area contributed by atoms with Crippen molar-refractivity contribution >= 4 is 5.97 Å². The molecule has 3 heterocycles. The van der Waals surface area contributed by atoms with Crippen molar-refractivity contribution in [1.29, 1.82) is 0 Å². The summed E-state index contributed by atoms with van der Waals surface area (Å²) < 4.78 is 27.8. The Morgan fingerprint density at radius 3 is 2.79 bits per heavy atom. The Hall–Kier alpha value is -3.13. The molecule has 1 unspecified atom stereocenters. The van der Waals surface area contributed by atoms with Gasteiger partial charge in [-0.25, -0.2) is 4.79 Å². The van der Waals surface area contributed by atoms with E-state index in [1.165, 1.54) is 7.11 Å². The van der Waals surface area contributed by atoms with Crippen LogP contribution < -0.4 is 18.9 Å². The summed E-state index contributed by atoms with van der Waals surface area (Å²) in [6.45, 7) is 0.913. The molecule has 0 bridgehead atoms. The van der Waals surface area contributed by atoms with Crippen molar-refractivity contribution < 1.29 is 33.6 Å². The van der Waals surface area contributed by atoms with Gasteiger partial charge in [-0.05, 0) is 31.2 Å². The van der Waals surface area contributed by atoms with E-state index in [4.69, 9.17) is 23.7 Å². The summed E-state index contributed by atoms with van der Waals surface area (Å²) in [4.78, 5) is 14.8. The van der Waals surface area contributed by atoms with Gasteiger partial charge < -0.3 is 28.8 Å². The van der Waals surface area contributed by atoms with Gasteiger partial charge >= 0.3 is 5.97 Å². The summed E-state index contributed by atoms with van der Waals surface area (Å²) >= 11 is 0. The molecule has 0 aromatic heterocycles. The second kappa shape index (κ2) is 6.45. The minimum absolute atomic E-state index is 0.143. The highest BCUT2D eigenvalue weighted by Gasteiger charge is 2.45. The van der Waals surface area contributed by atoms with Gasteiger partial charge in [-0.2, -0.15) is 0 Å². The van der Waals surface area contributed by atoms with Crippen molar-refractivity contribution in [3.63, 3.8) is 0 Å². The van der Waals surface area contributed by atoms with Crippen LogP contribution in [0.4, 0.5) is 0 Å². The average molecular weight is 399 g/mol. The Balaban J connectivity index is 1.68. The number of hydrogen-bond acceptors (Lipinski definition) is 8. The number of phenols is 1. The van der Waals surface area contributed by atoms with Crippen LogP contribution >= 0.6 is 0 Å². The Morgan fingerprint density at radius 2 is 2.03 bits per heavy atom. The van der Waals surface area contributed by atoms with E-state index < -0.39 is 12.1 Å². The largest absolute Gasteiger partial charge is 0.504 e. The van der Waals surface area contributed by atoms with Crippen molar-refractivity contribution in [3.8, 4) is 28.7 Å². The molecule has 1 N–H and O–H groups in total. The van der Waals surface area contributed by atoms with Gasteiger partial charge in [0.2, 0.25) is 12.5 Å². The first-order valence-corrected chi connectivity index (χ1v) is 9.35. The summed E-state index contributed by atoms with van der Waals surface area (Å²) in [5.41, 5.74) is 2.75. The van der Waals surface area contributed by atoms with Crippen LogP contribution in [0, 0.1) is 0 Å². The number of hydrogen-bond donors (Lipinski definition) is 1. The molecule has 5 rings (SSSR count). The molecule has 152 valence electrons. The molecule has 8 nitrogen and oxygen atoms in total. The molecular formula is C21H21NO7. The molecule has 0 spiro atoms. The van der Waals surface area contributed by atoms with Gasteiger partial charge in [0.25, 0.3) is 0 Å². The van der Waals surface area contributed by atoms with Gasteiger partial charge in [-0.1, -0.05) is 6.07 Å². The van der Waals surface area contributed by atoms with Gasteiger partial charge in [-0.15, -0.1) is 0 Å². The smallest absolute Gasteiger partial charge is 0.343 e. The lowest BCUT2D eigenvalue weighted by molar-refractivity contribution is 0.00875. The zero-order valence-electron chi connectivity index (χ0n) is 16.4. The Labute approximate surface area is 167 Å². The first-order valence-electron chi connectivity index (χ1n) is 9.35. The third-order valence-electron chi connectivity index (χ3n) is 5.88. The first-order chi connectivity index (χ1) is 14.0. The molecule has 0 aliphatic carbocycles. The number of carbonyl (C=O) groups is 1. The molecule has 0 saturated carbocycles. The van der Waals surface area contributed by atoms with Crippen LogP contribution in [0.25, 0.3) is 0 Å². The van der Waals surface area contributed by atoms with E-state index in [0.717, 1.165) is 24.1 Å². The number of cyclic esters (lactones) is 1. The first kappa shape index (κ1) is 17.9. The van der Waals surface area contributed by atoms with Crippen LogP contribution in [-0.4, -0.2) is 50.6 Å². The molecule has 0 fully saturated rings. The quantitative estimate of drug-likeness (QED) is 0.789. The van der Waals surface area contributed by atoms with Gasteiger partial charge in [0, 0.05) is 17.7 Å². The Bertz CT molecular complexity index is 1020. The zero-order valence-corrected chi connectivity index (χ0v) is 16.4. The minimum atomic E-state index is -0.604. The number of methoxy groups -OCH3 is 2. The molecule has 0 saturated heterocycles. The second-order valence-corrected chi connectivity index (χ2v) is 7.30. The minimum Gasteiger partial charge on any atom is -0.504 e. The monoisotopic (exact) mass is 399 g/mol. The number of esters is 1. The fourth-order valence-electron chi connectivity index (χ4n) is 4.53. The SMILES string of the molecule is COc1ccc2c(c1O)C(=O)OC2[C@H]1c2c(cc3c(c2OC)OCO3)CCN1C. The van der Waals surface area contributed by atoms with E-state index in [9.17, 15) is 9.90 Å². The summed E-state index contributed by atoms with van der Waals surface area (Å²) in [6.07, 6.45) is 0.198. The van der Waals surface area contributed by atoms with E-state index in [1.807, 2.05) is 13.1 Å². The predicted octanol–water partition coefficient (Wildman–Crippen LogP) is 2.58. The lowest BCUT2D eigenvalue weighted by Gasteiger charge is -2.38. The molecule has 2 atom stereocenters. The predicted molar refractivity (Wildman–Crippen MR) is 101 cm³/mol. The second-order valence-electron chi connectivity index (χ2n) is 7.30. The van der Waals surface area contributed by atoms with Crippen LogP contribution in [0.2, 0.25) is 0 Å². The number of carbonyl (C=O) groups excluding carboxylic acids is 1. The zero-order chi connectivity index (χ0) is 20.3. The van der Waals surface area contributed by atoms with Crippen LogP contribution in [0.1, 0.15) is 39.2 Å². The van der Waals surface area contributed by atoms with Gasteiger partial charge in [0.1, 0.15) is 11.7 Å². The van der Waals surface area contributed by atoms with Gasteiger partial charge in [0.05, 0.1) is 20.3 Å². The summed E-state index contributed by atoms with van der Waals surface area (Å²) in [5, 5.41) is 10.5. The van der Waals surface area contributed by atoms with Crippen molar-refractivity contribution in [2.24, 2.45) is 0 Å². The third-order valence-corrected chi connectivity index (χ3v) is 5.88. The van der Waals surface area contributed by atoms with E-state index >= 15 is 0 Å². The third kappa shape index (κ3) is 2.45. The Kier molecular flexibility index (Phi) is 3.99. The highest BCUT2D eigenvalue weighted by molar-refractivity contribution is 5.98. The van der Waals surface area contributed by atoms with Crippen molar-refractivity contribution in [2.45, 2.75) is 18.6 Å². The highest BCUT2D eigenvalue weighted by atomic mass is 16.7. The van der Waals surface area contributed by atoms with Crippen LogP contribution in [0.15, 0.2) is 18.2 Å². The molecule has 0 radical (unpaired) electrons. The molecule has 2 aromatic rings. The lowest BCUT2D eigenvalue weighted by Crippen LogP contribution is -2.36. The van der Waals surface area contributed by atoms with E-state index in [0.29, 0.717) is 22.8 Å². The number of rotatable bonds is 3. The fourth-order valence-corrected chi connectivity index (χ4v) is 4.53. The fraction of sp³-hybridized carbons (Fsp3) is 0.381. The van der Waals surface area contributed by atoms with Crippen molar-refractivity contribution in [3.05, 3.63) is 40.5 Å². The van der Waals surface area contributed by atoms with Crippen molar-refractivity contribution in [2.75, 3.05) is 34.6 Å². The molecular weight excluding hydrogens is 378 g/mol. The number of fused-ring (bicyclic) bond motifs is 3. The highest BCUT2D eigenvalue weighted by Crippen LogP contribution is 2.55. The van der Waals surface area contributed by atoms with E-state index in [1.54, 1.807) is 19.2 Å². The number of nitrogens with zero attached hydrogens (tertiary/aromatic N) is 1. The topological polar surface area (TPSA) is 86.7 Å². The number of ether oxygens (including phenoxy) is 5. The Morgan fingerprint density at radius 1 is 1.21 bits per heavy atom. The standard InChI is InChI=1S/C21H21NO7/c1-22-7-6-10-8-13-19(28-9-27-13)20(26-3)14(10)16(22)18-11-4-5-12(25-2)17(23)15(11)21(24)29-18/h4-5,8,16,18,23H,6-7,9H2,1-3H3/t16-,18?/m1/s1. The van der Waals surface area contributed by atoms with E-state index in [2.05, 4.69) is 4.90 Å². The molecule has 2 aromatic carbocycles. The van der Waals surface area contributed by atoms with E-state index in [-0.39, 0.29) is 29.9 Å². The molecule has 8 heteroatoms. The summed E-state index contributed by atoms with van der Waals surface area (Å²) in [6, 6.07) is 5.08. The van der Waals surface area contributed by atoms with Crippen molar-refractivity contribution in [1.82, 2.24) is 4.90 Å². The van der Waals surface area contributed by atoms with Gasteiger partial charge in [-0.3, -0.25) is 4.90 Å². The maximum atomic E-state index is 12.6. The molecule has 0 amide bonds. The number of likely N-dealkylation sites (N-methyl/N-ethyl adjacent to an activating group) is 1. The molecule has 29 heavy (non-hydrogen) atoms. The number of aromatic hydroxyl groups is 1. The van der Waals surface area contributed by atoms with Gasteiger partial charge in [0.15, 0.2) is 23.0 Å². The molecule has 3 aliphatic heterocycles. The normalized spacial score (nSPS) is 22.1. The maximum absolute atomic E-state index is 12.6. The van der Waals surface area contributed by atoms with Crippen LogP contribution in [0.5, 0.6) is 28.7 Å². The number of benzene rings is 2.